The Hall–Kier alpha value is -0.850. The van der Waals surface area contributed by atoms with Crippen molar-refractivity contribution in [1.29, 1.82) is 0 Å². The highest BCUT2D eigenvalue weighted by molar-refractivity contribution is 9.10. The standard InChI is InChI=1S/C12H15BrFNO3/c1-15-6-8(16)10-11(14)7(13)5-9-12(10)18-4-2-3-17-9/h5,8,15-16H,2-4,6H2,1H3. The molecule has 0 fully saturated rings. The van der Waals surface area contributed by atoms with E-state index in [4.69, 9.17) is 9.47 Å². The van der Waals surface area contributed by atoms with Gasteiger partial charge in [0, 0.05) is 19.0 Å². The average Bonchev–Trinajstić information content (AvgIpc) is 2.56. The second kappa shape index (κ2) is 5.86. The van der Waals surface area contributed by atoms with Gasteiger partial charge >= 0.3 is 0 Å². The van der Waals surface area contributed by atoms with E-state index in [1.165, 1.54) is 6.07 Å². The lowest BCUT2D eigenvalue weighted by atomic mass is 10.1. The molecule has 100 valence electrons. The van der Waals surface area contributed by atoms with Crippen molar-refractivity contribution >= 4 is 15.9 Å². The molecular weight excluding hydrogens is 305 g/mol. The molecule has 1 aromatic rings. The summed E-state index contributed by atoms with van der Waals surface area (Å²) in [6.45, 7) is 1.21. The molecule has 0 radical (unpaired) electrons. The summed E-state index contributed by atoms with van der Waals surface area (Å²) in [6, 6.07) is 1.53. The molecule has 1 unspecified atom stereocenters. The molecule has 1 aromatic carbocycles. The number of rotatable bonds is 3. The summed E-state index contributed by atoms with van der Waals surface area (Å²) in [5.41, 5.74) is 0.135. The fraction of sp³-hybridized carbons (Fsp3) is 0.500. The van der Waals surface area contributed by atoms with Crippen LogP contribution in [0.15, 0.2) is 10.5 Å². The van der Waals surface area contributed by atoms with E-state index >= 15 is 0 Å². The van der Waals surface area contributed by atoms with Crippen molar-refractivity contribution in [1.82, 2.24) is 5.32 Å². The van der Waals surface area contributed by atoms with Crippen LogP contribution in [-0.2, 0) is 0 Å². The minimum Gasteiger partial charge on any atom is -0.490 e. The maximum Gasteiger partial charge on any atom is 0.170 e. The molecular formula is C12H15BrFNO3. The summed E-state index contributed by atoms with van der Waals surface area (Å²) in [7, 11) is 1.69. The lowest BCUT2D eigenvalue weighted by molar-refractivity contribution is 0.166. The number of fused-ring (bicyclic) bond motifs is 1. The average molecular weight is 320 g/mol. The topological polar surface area (TPSA) is 50.7 Å². The van der Waals surface area contributed by atoms with Crippen molar-refractivity contribution in [2.24, 2.45) is 0 Å². The second-order valence-electron chi connectivity index (χ2n) is 4.04. The minimum atomic E-state index is -0.983. The number of nitrogens with one attached hydrogen (secondary N) is 1. The highest BCUT2D eigenvalue weighted by Crippen LogP contribution is 2.41. The molecule has 0 spiro atoms. The van der Waals surface area contributed by atoms with Gasteiger partial charge in [-0.25, -0.2) is 4.39 Å². The van der Waals surface area contributed by atoms with E-state index in [-0.39, 0.29) is 16.6 Å². The van der Waals surface area contributed by atoms with E-state index in [2.05, 4.69) is 21.2 Å². The van der Waals surface area contributed by atoms with Gasteiger partial charge in [0.15, 0.2) is 11.5 Å². The van der Waals surface area contributed by atoms with Crippen molar-refractivity contribution < 1.29 is 19.0 Å². The SMILES string of the molecule is CNCC(O)c1c(F)c(Br)cc2c1OCCCO2. The van der Waals surface area contributed by atoms with Crippen LogP contribution >= 0.6 is 15.9 Å². The van der Waals surface area contributed by atoms with Crippen LogP contribution in [0.1, 0.15) is 18.1 Å². The van der Waals surface area contributed by atoms with Gasteiger partial charge in [0.05, 0.1) is 29.4 Å². The van der Waals surface area contributed by atoms with Gasteiger partial charge in [-0.15, -0.1) is 0 Å². The van der Waals surface area contributed by atoms with Crippen molar-refractivity contribution in [3.05, 3.63) is 21.9 Å². The number of hydrogen-bond acceptors (Lipinski definition) is 4. The number of aliphatic hydroxyl groups is 1. The lowest BCUT2D eigenvalue weighted by Crippen LogP contribution is -2.19. The van der Waals surface area contributed by atoms with Crippen molar-refractivity contribution in [2.75, 3.05) is 26.8 Å². The van der Waals surface area contributed by atoms with Gasteiger partial charge < -0.3 is 19.9 Å². The van der Waals surface area contributed by atoms with Crippen LogP contribution in [0, 0.1) is 5.82 Å². The quantitative estimate of drug-likeness (QED) is 0.894. The molecule has 0 aliphatic carbocycles. The summed E-state index contributed by atoms with van der Waals surface area (Å²) < 4.78 is 25.4. The Kier molecular flexibility index (Phi) is 4.42. The van der Waals surface area contributed by atoms with Crippen LogP contribution in [-0.4, -0.2) is 31.9 Å². The molecule has 1 aliphatic rings. The Morgan fingerprint density at radius 1 is 1.50 bits per heavy atom. The number of aliphatic hydroxyl groups excluding tert-OH is 1. The fourth-order valence-electron chi connectivity index (χ4n) is 1.87. The van der Waals surface area contributed by atoms with E-state index in [1.54, 1.807) is 7.05 Å². The largest absolute Gasteiger partial charge is 0.490 e. The third kappa shape index (κ3) is 2.60. The first kappa shape index (κ1) is 13.6. The van der Waals surface area contributed by atoms with Gasteiger partial charge in [-0.1, -0.05) is 0 Å². The Labute approximate surface area is 113 Å². The molecule has 1 heterocycles. The summed E-state index contributed by atoms with van der Waals surface area (Å²) in [4.78, 5) is 0. The highest BCUT2D eigenvalue weighted by atomic mass is 79.9. The van der Waals surface area contributed by atoms with Gasteiger partial charge in [0.2, 0.25) is 0 Å². The summed E-state index contributed by atoms with van der Waals surface area (Å²) in [5.74, 6) is 0.254. The molecule has 0 amide bonds. The Morgan fingerprint density at radius 3 is 2.94 bits per heavy atom. The second-order valence-corrected chi connectivity index (χ2v) is 4.89. The summed E-state index contributed by atoms with van der Waals surface area (Å²) >= 11 is 3.13. The molecule has 0 saturated heterocycles. The van der Waals surface area contributed by atoms with E-state index in [9.17, 15) is 9.50 Å². The highest BCUT2D eigenvalue weighted by Gasteiger charge is 2.26. The Bertz CT molecular complexity index is 442. The number of benzene rings is 1. The number of ether oxygens (including phenoxy) is 2. The van der Waals surface area contributed by atoms with Crippen LogP contribution in [0.2, 0.25) is 0 Å². The van der Waals surface area contributed by atoms with Gasteiger partial charge in [0.1, 0.15) is 5.82 Å². The van der Waals surface area contributed by atoms with Gasteiger partial charge in [0.25, 0.3) is 0 Å². The smallest absolute Gasteiger partial charge is 0.170 e. The molecule has 2 N–H and O–H groups in total. The van der Waals surface area contributed by atoms with E-state index in [0.29, 0.717) is 24.7 Å². The maximum atomic E-state index is 14.1. The third-order valence-corrected chi connectivity index (χ3v) is 3.27. The van der Waals surface area contributed by atoms with Crippen LogP contribution in [0.5, 0.6) is 11.5 Å². The maximum absolute atomic E-state index is 14.1. The normalized spacial score (nSPS) is 16.2. The summed E-state index contributed by atoms with van der Waals surface area (Å²) in [5, 5.41) is 12.8. The van der Waals surface area contributed by atoms with E-state index in [0.717, 1.165) is 6.42 Å². The molecule has 1 aliphatic heterocycles. The zero-order chi connectivity index (χ0) is 13.1. The van der Waals surface area contributed by atoms with Crippen molar-refractivity contribution in [3.63, 3.8) is 0 Å². The number of halogens is 2. The van der Waals surface area contributed by atoms with E-state index < -0.39 is 11.9 Å². The van der Waals surface area contributed by atoms with E-state index in [1.807, 2.05) is 0 Å². The van der Waals surface area contributed by atoms with Crippen molar-refractivity contribution in [2.45, 2.75) is 12.5 Å². The molecule has 2 rings (SSSR count). The Balaban J connectivity index is 2.50. The minimum absolute atomic E-state index is 0.135. The first-order chi connectivity index (χ1) is 8.65. The van der Waals surface area contributed by atoms with Gasteiger partial charge in [-0.3, -0.25) is 0 Å². The number of likely N-dealkylation sites (N-methyl/N-ethyl adjacent to an activating group) is 1. The van der Waals surface area contributed by atoms with Crippen LogP contribution in [0.4, 0.5) is 4.39 Å². The monoisotopic (exact) mass is 319 g/mol. The first-order valence-electron chi connectivity index (χ1n) is 5.75. The Morgan fingerprint density at radius 2 is 2.22 bits per heavy atom. The van der Waals surface area contributed by atoms with Gasteiger partial charge in [-0.05, 0) is 23.0 Å². The fourth-order valence-corrected chi connectivity index (χ4v) is 2.29. The molecule has 0 saturated carbocycles. The summed E-state index contributed by atoms with van der Waals surface area (Å²) in [6.07, 6.45) is -0.252. The predicted octanol–water partition coefficient (Wildman–Crippen LogP) is 2.00. The molecule has 6 heteroatoms. The van der Waals surface area contributed by atoms with Crippen LogP contribution in [0.25, 0.3) is 0 Å². The zero-order valence-corrected chi connectivity index (χ0v) is 11.6. The molecule has 0 aromatic heterocycles. The molecule has 0 bridgehead atoms. The van der Waals surface area contributed by atoms with Gasteiger partial charge in [-0.2, -0.15) is 0 Å². The molecule has 1 atom stereocenters. The predicted molar refractivity (Wildman–Crippen MR) is 68.6 cm³/mol. The molecule has 4 nitrogen and oxygen atoms in total. The van der Waals surface area contributed by atoms with Crippen molar-refractivity contribution in [3.8, 4) is 11.5 Å². The number of hydrogen-bond donors (Lipinski definition) is 2. The third-order valence-electron chi connectivity index (χ3n) is 2.70. The van der Waals surface area contributed by atoms with Crippen LogP contribution in [0.3, 0.4) is 0 Å². The van der Waals surface area contributed by atoms with Crippen LogP contribution < -0.4 is 14.8 Å². The lowest BCUT2D eigenvalue weighted by Gasteiger charge is -2.18. The zero-order valence-electron chi connectivity index (χ0n) is 10.0. The first-order valence-corrected chi connectivity index (χ1v) is 6.54. The molecule has 18 heavy (non-hydrogen) atoms.